The zero-order valence-electron chi connectivity index (χ0n) is 7.28. The monoisotopic (exact) mass is 286 g/mol. The molecule has 0 saturated heterocycles. The third kappa shape index (κ3) is 1.95. The molecule has 1 aromatic carbocycles. The fourth-order valence-corrected chi connectivity index (χ4v) is 1.88. The summed E-state index contributed by atoms with van der Waals surface area (Å²) in [5, 5.41) is 5.09. The summed E-state index contributed by atoms with van der Waals surface area (Å²) in [5.41, 5.74) is 0.161. The average Bonchev–Trinajstić information content (AvgIpc) is 2.74. The molecule has 0 unspecified atom stereocenters. The van der Waals surface area contributed by atoms with Crippen LogP contribution in [0, 0.1) is 5.82 Å². The molecular weight excluding hydrogens is 283 g/mol. The number of carbonyl (C=O) groups excluding carboxylic acids is 1. The van der Waals surface area contributed by atoms with Gasteiger partial charge in [0.1, 0.15) is 11.5 Å². The second-order valence-corrected chi connectivity index (χ2v) is 4.18. The van der Waals surface area contributed by atoms with Gasteiger partial charge in [0, 0.05) is 5.38 Å². The van der Waals surface area contributed by atoms with Crippen LogP contribution < -0.4 is 0 Å². The van der Waals surface area contributed by atoms with Crippen LogP contribution in [0.2, 0.25) is 0 Å². The van der Waals surface area contributed by atoms with Crippen LogP contribution in [0.3, 0.4) is 0 Å². The van der Waals surface area contributed by atoms with Crippen molar-refractivity contribution >= 4 is 33.2 Å². The van der Waals surface area contributed by atoms with E-state index in [0.717, 1.165) is 11.5 Å². The van der Waals surface area contributed by atoms with Crippen molar-refractivity contribution in [3.63, 3.8) is 0 Å². The molecule has 0 bridgehead atoms. The van der Waals surface area contributed by atoms with Crippen LogP contribution in [-0.2, 0) is 0 Å². The Balaban J connectivity index is 2.47. The normalized spacial score (nSPS) is 10.3. The minimum absolute atomic E-state index is 0.00271. The minimum Gasteiger partial charge on any atom is -0.287 e. The van der Waals surface area contributed by atoms with Gasteiger partial charge in [-0.3, -0.25) is 4.79 Å². The fourth-order valence-electron chi connectivity index (χ4n) is 1.08. The first kappa shape index (κ1) is 10.4. The number of hydrogen-bond donors (Lipinski definition) is 0. The lowest BCUT2D eigenvalue weighted by atomic mass is 10.1. The van der Waals surface area contributed by atoms with Gasteiger partial charge in [0.15, 0.2) is 0 Å². The van der Waals surface area contributed by atoms with Gasteiger partial charge in [0.05, 0.1) is 10.0 Å². The van der Waals surface area contributed by atoms with E-state index in [1.165, 1.54) is 17.5 Å². The fraction of sp³-hybridized carbons (Fsp3) is 0. The van der Waals surface area contributed by atoms with Crippen molar-refractivity contribution in [2.45, 2.75) is 0 Å². The van der Waals surface area contributed by atoms with E-state index >= 15 is 0 Å². The van der Waals surface area contributed by atoms with Crippen molar-refractivity contribution in [1.29, 1.82) is 0 Å². The lowest BCUT2D eigenvalue weighted by Crippen LogP contribution is -2.05. The number of aromatic nitrogens is 2. The summed E-state index contributed by atoms with van der Waals surface area (Å²) in [6.45, 7) is 0. The highest BCUT2D eigenvalue weighted by Crippen LogP contribution is 2.20. The predicted octanol–water partition coefficient (Wildman–Crippen LogP) is 2.67. The summed E-state index contributed by atoms with van der Waals surface area (Å²) < 4.78 is 17.3. The van der Waals surface area contributed by atoms with Gasteiger partial charge in [-0.1, -0.05) is 10.6 Å². The maximum Gasteiger partial charge on any atom is 0.217 e. The van der Waals surface area contributed by atoms with Crippen molar-refractivity contribution in [2.24, 2.45) is 0 Å². The first-order chi connectivity index (χ1) is 7.20. The van der Waals surface area contributed by atoms with E-state index in [0.29, 0.717) is 0 Å². The molecule has 0 aliphatic carbocycles. The Labute approximate surface area is 97.2 Å². The number of halogens is 2. The first-order valence-electron chi connectivity index (χ1n) is 3.96. The summed E-state index contributed by atoms with van der Waals surface area (Å²) in [4.78, 5) is 11.7. The minimum atomic E-state index is -0.574. The second-order valence-electron chi connectivity index (χ2n) is 2.72. The van der Waals surface area contributed by atoms with E-state index in [9.17, 15) is 9.18 Å². The number of rotatable bonds is 2. The van der Waals surface area contributed by atoms with Crippen molar-refractivity contribution < 1.29 is 9.18 Å². The van der Waals surface area contributed by atoms with E-state index in [1.54, 1.807) is 6.07 Å². The summed E-state index contributed by atoms with van der Waals surface area (Å²) in [6, 6.07) is 4.55. The topological polar surface area (TPSA) is 42.9 Å². The number of nitrogens with zero attached hydrogens (tertiary/aromatic N) is 2. The number of ketones is 1. The Morgan fingerprint density at radius 2 is 2.27 bits per heavy atom. The summed E-state index contributed by atoms with van der Waals surface area (Å²) >= 11 is 4.07. The standard InChI is InChI=1S/C9H4BrFN2OS/c10-6-3-1-2-5(8(6)11)9(14)7-4-15-13-12-7/h1-4H. The zero-order chi connectivity index (χ0) is 10.8. The van der Waals surface area contributed by atoms with Gasteiger partial charge in [-0.15, -0.1) is 5.10 Å². The van der Waals surface area contributed by atoms with Gasteiger partial charge in [0.25, 0.3) is 0 Å². The zero-order valence-corrected chi connectivity index (χ0v) is 9.68. The molecule has 1 aromatic heterocycles. The Morgan fingerprint density at radius 1 is 1.47 bits per heavy atom. The van der Waals surface area contributed by atoms with Gasteiger partial charge in [-0.25, -0.2) is 4.39 Å². The van der Waals surface area contributed by atoms with Crippen LogP contribution in [0.5, 0.6) is 0 Å². The Kier molecular flexibility index (Phi) is 2.88. The Morgan fingerprint density at radius 3 is 2.93 bits per heavy atom. The SMILES string of the molecule is O=C(c1csnn1)c1cccc(Br)c1F. The number of carbonyl (C=O) groups is 1. The molecular formula is C9H4BrFN2OS. The largest absolute Gasteiger partial charge is 0.287 e. The number of hydrogen-bond acceptors (Lipinski definition) is 4. The first-order valence-corrected chi connectivity index (χ1v) is 5.59. The van der Waals surface area contributed by atoms with Crippen molar-refractivity contribution in [2.75, 3.05) is 0 Å². The molecule has 0 saturated carbocycles. The van der Waals surface area contributed by atoms with Crippen LogP contribution in [0.25, 0.3) is 0 Å². The van der Waals surface area contributed by atoms with Gasteiger partial charge < -0.3 is 0 Å². The molecule has 0 amide bonds. The smallest absolute Gasteiger partial charge is 0.217 e. The summed E-state index contributed by atoms with van der Waals surface area (Å²) in [5.74, 6) is -1.03. The maximum absolute atomic E-state index is 13.5. The molecule has 76 valence electrons. The predicted molar refractivity (Wildman–Crippen MR) is 57.4 cm³/mol. The van der Waals surface area contributed by atoms with E-state index in [1.807, 2.05) is 0 Å². The van der Waals surface area contributed by atoms with Gasteiger partial charge in [0.2, 0.25) is 5.78 Å². The highest BCUT2D eigenvalue weighted by atomic mass is 79.9. The van der Waals surface area contributed by atoms with Crippen molar-refractivity contribution in [1.82, 2.24) is 9.59 Å². The third-order valence-corrected chi connectivity index (χ3v) is 2.91. The molecule has 0 fully saturated rings. The highest BCUT2D eigenvalue weighted by molar-refractivity contribution is 9.10. The Bertz CT molecular complexity index is 501. The third-order valence-electron chi connectivity index (χ3n) is 1.79. The lowest BCUT2D eigenvalue weighted by molar-refractivity contribution is 0.103. The molecule has 15 heavy (non-hydrogen) atoms. The van der Waals surface area contributed by atoms with E-state index in [4.69, 9.17) is 0 Å². The molecule has 0 N–H and O–H groups in total. The van der Waals surface area contributed by atoms with Crippen LogP contribution in [-0.4, -0.2) is 15.4 Å². The van der Waals surface area contributed by atoms with Crippen molar-refractivity contribution in [3.05, 3.63) is 45.1 Å². The summed E-state index contributed by atoms with van der Waals surface area (Å²) in [6.07, 6.45) is 0. The Hall–Kier alpha value is -1.14. The molecule has 0 aliphatic heterocycles. The van der Waals surface area contributed by atoms with Gasteiger partial charge >= 0.3 is 0 Å². The molecule has 0 radical (unpaired) electrons. The van der Waals surface area contributed by atoms with E-state index < -0.39 is 11.6 Å². The maximum atomic E-state index is 13.5. The molecule has 0 atom stereocenters. The molecule has 6 heteroatoms. The van der Waals surface area contributed by atoms with Gasteiger partial charge in [-0.2, -0.15) is 0 Å². The van der Waals surface area contributed by atoms with E-state index in [2.05, 4.69) is 25.5 Å². The molecule has 0 aliphatic rings. The van der Waals surface area contributed by atoms with Crippen LogP contribution in [0.4, 0.5) is 4.39 Å². The molecule has 1 heterocycles. The summed E-state index contributed by atoms with van der Waals surface area (Å²) in [7, 11) is 0. The highest BCUT2D eigenvalue weighted by Gasteiger charge is 2.17. The lowest BCUT2D eigenvalue weighted by Gasteiger charge is -2.00. The van der Waals surface area contributed by atoms with Gasteiger partial charge in [-0.05, 0) is 39.6 Å². The van der Waals surface area contributed by atoms with Crippen molar-refractivity contribution in [3.8, 4) is 0 Å². The average molecular weight is 287 g/mol. The molecule has 0 spiro atoms. The van der Waals surface area contributed by atoms with Crippen LogP contribution >= 0.6 is 27.5 Å². The van der Waals surface area contributed by atoms with Crippen LogP contribution in [0.15, 0.2) is 28.1 Å². The van der Waals surface area contributed by atoms with E-state index in [-0.39, 0.29) is 15.7 Å². The molecule has 2 rings (SSSR count). The molecule has 3 nitrogen and oxygen atoms in total. The molecule has 2 aromatic rings. The van der Waals surface area contributed by atoms with Crippen LogP contribution in [0.1, 0.15) is 16.1 Å². The number of benzene rings is 1. The quantitative estimate of drug-likeness (QED) is 0.797. The second kappa shape index (κ2) is 4.16.